The molecule has 0 aliphatic carbocycles. The summed E-state index contributed by atoms with van der Waals surface area (Å²) in [6.45, 7) is 7.18. The van der Waals surface area contributed by atoms with Crippen LogP contribution in [0, 0.1) is 17.8 Å². The van der Waals surface area contributed by atoms with Gasteiger partial charge in [-0.15, -0.1) is 0 Å². The van der Waals surface area contributed by atoms with E-state index in [0.717, 1.165) is 30.5 Å². The summed E-state index contributed by atoms with van der Waals surface area (Å²) in [6, 6.07) is 1.61. The lowest BCUT2D eigenvalue weighted by atomic mass is 9.73. The van der Waals surface area contributed by atoms with Crippen LogP contribution in [0.15, 0.2) is 0 Å². The van der Waals surface area contributed by atoms with Gasteiger partial charge in [0.25, 0.3) is 0 Å². The molecule has 3 nitrogen and oxygen atoms in total. The van der Waals surface area contributed by atoms with Gasteiger partial charge in [-0.2, -0.15) is 0 Å². The average molecular weight is 237 g/mol. The summed E-state index contributed by atoms with van der Waals surface area (Å²) in [5, 5.41) is 0. The predicted molar refractivity (Wildman–Crippen MR) is 70.8 cm³/mol. The van der Waals surface area contributed by atoms with E-state index < -0.39 is 0 Å². The highest BCUT2D eigenvalue weighted by Gasteiger charge is 2.51. The monoisotopic (exact) mass is 237 g/mol. The van der Waals surface area contributed by atoms with Crippen molar-refractivity contribution in [3.63, 3.8) is 0 Å². The Morgan fingerprint density at radius 1 is 1.29 bits per heavy atom. The number of nitrogens with zero attached hydrogens (tertiary/aromatic N) is 2. The fourth-order valence-electron chi connectivity index (χ4n) is 4.54. The SMILES string of the molecule is CC(CN)CC1C2C(CN1C)C1CCN2CC1. The molecule has 3 heteroatoms. The van der Waals surface area contributed by atoms with Crippen molar-refractivity contribution < 1.29 is 0 Å². The summed E-state index contributed by atoms with van der Waals surface area (Å²) in [5.74, 6) is 2.64. The van der Waals surface area contributed by atoms with E-state index in [2.05, 4.69) is 23.8 Å². The first-order valence-corrected chi connectivity index (χ1v) is 7.35. The maximum absolute atomic E-state index is 5.81. The summed E-state index contributed by atoms with van der Waals surface area (Å²) < 4.78 is 0. The zero-order chi connectivity index (χ0) is 12.0. The number of likely N-dealkylation sites (N-methyl/N-ethyl adjacent to an activating group) is 1. The fraction of sp³-hybridized carbons (Fsp3) is 1.00. The summed E-state index contributed by atoms with van der Waals surface area (Å²) in [7, 11) is 2.33. The molecule has 4 fully saturated rings. The van der Waals surface area contributed by atoms with Crippen molar-refractivity contribution in [2.45, 2.75) is 38.3 Å². The first kappa shape index (κ1) is 11.9. The third-order valence-electron chi connectivity index (χ3n) is 5.55. The van der Waals surface area contributed by atoms with Crippen LogP contribution < -0.4 is 5.73 Å². The largest absolute Gasteiger partial charge is 0.330 e. The highest BCUT2D eigenvalue weighted by molar-refractivity contribution is 5.06. The quantitative estimate of drug-likeness (QED) is 0.795. The number of hydrogen-bond acceptors (Lipinski definition) is 3. The van der Waals surface area contributed by atoms with Crippen LogP contribution >= 0.6 is 0 Å². The average Bonchev–Trinajstić information content (AvgIpc) is 2.70. The van der Waals surface area contributed by atoms with Crippen molar-refractivity contribution in [1.82, 2.24) is 9.80 Å². The molecule has 2 bridgehead atoms. The number of rotatable bonds is 3. The Morgan fingerprint density at radius 3 is 2.65 bits per heavy atom. The molecule has 0 saturated carbocycles. The number of nitrogens with two attached hydrogens (primary N) is 1. The molecule has 4 aliphatic rings. The van der Waals surface area contributed by atoms with E-state index in [0.29, 0.717) is 5.92 Å². The minimum Gasteiger partial charge on any atom is -0.330 e. The maximum atomic E-state index is 5.81. The van der Waals surface area contributed by atoms with Crippen LogP contribution in [0.3, 0.4) is 0 Å². The Kier molecular flexibility index (Phi) is 3.18. The molecule has 4 atom stereocenters. The number of hydrogen-bond donors (Lipinski definition) is 1. The van der Waals surface area contributed by atoms with Gasteiger partial charge in [0, 0.05) is 18.6 Å². The van der Waals surface area contributed by atoms with Gasteiger partial charge in [-0.1, -0.05) is 6.92 Å². The van der Waals surface area contributed by atoms with Gasteiger partial charge in [-0.25, -0.2) is 0 Å². The van der Waals surface area contributed by atoms with Crippen molar-refractivity contribution in [2.75, 3.05) is 33.2 Å². The van der Waals surface area contributed by atoms with Gasteiger partial charge in [-0.05, 0) is 63.7 Å². The van der Waals surface area contributed by atoms with Gasteiger partial charge in [0.15, 0.2) is 0 Å². The zero-order valence-electron chi connectivity index (χ0n) is 11.3. The van der Waals surface area contributed by atoms with Crippen LogP contribution in [0.25, 0.3) is 0 Å². The van der Waals surface area contributed by atoms with Gasteiger partial charge in [0.05, 0.1) is 0 Å². The van der Waals surface area contributed by atoms with Crippen LogP contribution in [-0.2, 0) is 0 Å². The van der Waals surface area contributed by atoms with E-state index in [1.54, 1.807) is 0 Å². The lowest BCUT2D eigenvalue weighted by Crippen LogP contribution is -2.57. The number of likely N-dealkylation sites (tertiary alicyclic amines) is 1. The van der Waals surface area contributed by atoms with Crippen molar-refractivity contribution >= 4 is 0 Å². The maximum Gasteiger partial charge on any atom is 0.0294 e. The van der Waals surface area contributed by atoms with Gasteiger partial charge in [0.2, 0.25) is 0 Å². The first-order valence-electron chi connectivity index (χ1n) is 7.35. The second-order valence-corrected chi connectivity index (χ2v) is 6.61. The van der Waals surface area contributed by atoms with Crippen LogP contribution in [0.2, 0.25) is 0 Å². The third-order valence-corrected chi connectivity index (χ3v) is 5.55. The first-order chi connectivity index (χ1) is 8.20. The smallest absolute Gasteiger partial charge is 0.0294 e. The standard InChI is InChI=1S/C14H27N3/c1-10(8-15)7-13-14-12(9-16(13)2)11-3-5-17(14)6-4-11/h10-14H,3-9,15H2,1-2H3. The summed E-state index contributed by atoms with van der Waals surface area (Å²) >= 11 is 0. The highest BCUT2D eigenvalue weighted by atomic mass is 15.3. The van der Waals surface area contributed by atoms with Crippen LogP contribution in [0.5, 0.6) is 0 Å². The van der Waals surface area contributed by atoms with E-state index in [-0.39, 0.29) is 0 Å². The molecule has 2 N–H and O–H groups in total. The Morgan fingerprint density at radius 2 is 2.00 bits per heavy atom. The van der Waals surface area contributed by atoms with Crippen LogP contribution in [0.4, 0.5) is 0 Å². The van der Waals surface area contributed by atoms with Crippen molar-refractivity contribution in [3.05, 3.63) is 0 Å². The molecule has 0 radical (unpaired) electrons. The highest BCUT2D eigenvalue weighted by Crippen LogP contribution is 2.44. The molecule has 0 spiro atoms. The molecule has 0 aromatic heterocycles. The van der Waals surface area contributed by atoms with E-state index >= 15 is 0 Å². The molecule has 4 saturated heterocycles. The second-order valence-electron chi connectivity index (χ2n) is 6.61. The normalized spacial score (nSPS) is 47.1. The van der Waals surface area contributed by atoms with E-state index in [4.69, 9.17) is 5.73 Å². The molecule has 4 aliphatic heterocycles. The Hall–Kier alpha value is -0.120. The molecule has 0 aromatic carbocycles. The molecule has 0 amide bonds. The van der Waals surface area contributed by atoms with E-state index in [9.17, 15) is 0 Å². The Labute approximate surface area is 105 Å². The molecule has 4 heterocycles. The number of piperidine rings is 3. The van der Waals surface area contributed by atoms with Gasteiger partial charge < -0.3 is 10.6 Å². The Bertz CT molecular complexity index is 273. The Balaban J connectivity index is 1.76. The summed E-state index contributed by atoms with van der Waals surface area (Å²) in [6.07, 6.45) is 4.19. The zero-order valence-corrected chi connectivity index (χ0v) is 11.3. The summed E-state index contributed by atoms with van der Waals surface area (Å²) in [4.78, 5) is 5.40. The topological polar surface area (TPSA) is 32.5 Å². The van der Waals surface area contributed by atoms with Crippen molar-refractivity contribution in [3.8, 4) is 0 Å². The van der Waals surface area contributed by atoms with Crippen molar-refractivity contribution in [1.29, 1.82) is 0 Å². The van der Waals surface area contributed by atoms with Crippen molar-refractivity contribution in [2.24, 2.45) is 23.5 Å². The van der Waals surface area contributed by atoms with Gasteiger partial charge in [0.1, 0.15) is 0 Å². The molecule has 98 valence electrons. The molecule has 4 rings (SSSR count). The second kappa shape index (κ2) is 4.52. The fourth-order valence-corrected chi connectivity index (χ4v) is 4.54. The third kappa shape index (κ3) is 1.92. The summed E-state index contributed by atoms with van der Waals surface area (Å²) in [5.41, 5.74) is 5.81. The molecule has 4 unspecified atom stereocenters. The van der Waals surface area contributed by atoms with Gasteiger partial charge >= 0.3 is 0 Å². The van der Waals surface area contributed by atoms with E-state index in [1.807, 2.05) is 0 Å². The van der Waals surface area contributed by atoms with E-state index in [1.165, 1.54) is 38.9 Å². The molecule has 0 aromatic rings. The van der Waals surface area contributed by atoms with Crippen LogP contribution in [0.1, 0.15) is 26.2 Å². The molecule has 17 heavy (non-hydrogen) atoms. The minimum absolute atomic E-state index is 0.669. The predicted octanol–water partition coefficient (Wildman–Crippen LogP) is 0.996. The lowest BCUT2D eigenvalue weighted by Gasteiger charge is -2.49. The van der Waals surface area contributed by atoms with Crippen LogP contribution in [-0.4, -0.2) is 55.1 Å². The number of fused-ring (bicyclic) bond motifs is 2. The molecular formula is C14H27N3. The minimum atomic E-state index is 0.669. The molecular weight excluding hydrogens is 210 g/mol. The lowest BCUT2D eigenvalue weighted by molar-refractivity contribution is 0.000989. The van der Waals surface area contributed by atoms with Gasteiger partial charge in [-0.3, -0.25) is 4.90 Å².